The molecule has 1 amide bonds. The fourth-order valence-electron chi connectivity index (χ4n) is 3.93. The van der Waals surface area contributed by atoms with Crippen LogP contribution in [0.15, 0.2) is 84.9 Å². The van der Waals surface area contributed by atoms with Gasteiger partial charge in [-0.15, -0.1) is 0 Å². The first-order valence-electron chi connectivity index (χ1n) is 11.1. The second-order valence-corrected chi connectivity index (χ2v) is 9.98. The summed E-state index contributed by atoms with van der Waals surface area (Å²) in [5.41, 5.74) is 5.04. The van der Waals surface area contributed by atoms with Crippen LogP contribution in [0.1, 0.15) is 21.5 Å². The van der Waals surface area contributed by atoms with Gasteiger partial charge in [-0.2, -0.15) is 0 Å². The van der Waals surface area contributed by atoms with Crippen LogP contribution < -0.4 is 5.32 Å². The van der Waals surface area contributed by atoms with E-state index in [1.807, 2.05) is 54.6 Å². The van der Waals surface area contributed by atoms with Crippen LogP contribution in [0.25, 0.3) is 22.4 Å². The zero-order valence-corrected chi connectivity index (χ0v) is 21.8. The lowest BCUT2D eigenvalue weighted by Crippen LogP contribution is -2.22. The summed E-state index contributed by atoms with van der Waals surface area (Å²) in [5, 5.41) is 5.17. The van der Waals surface area contributed by atoms with Crippen molar-refractivity contribution in [1.29, 1.82) is 0 Å². The van der Waals surface area contributed by atoms with Gasteiger partial charge in [0.15, 0.2) is 0 Å². The van der Waals surface area contributed by atoms with Gasteiger partial charge in [0.05, 0.1) is 21.1 Å². The molecule has 5 aromatic rings. The number of carbonyl (C=O) groups excluding carboxylic acids is 1. The van der Waals surface area contributed by atoms with Gasteiger partial charge in [0, 0.05) is 34.3 Å². The van der Waals surface area contributed by atoms with Crippen LogP contribution in [0.2, 0.25) is 20.1 Å². The number of hydrogen-bond donors (Lipinski definition) is 1. The average molecular weight is 555 g/mol. The topological polar surface area (TPSA) is 46.9 Å². The van der Waals surface area contributed by atoms with Crippen molar-refractivity contribution < 1.29 is 4.79 Å². The molecule has 8 heteroatoms. The highest BCUT2D eigenvalue weighted by atomic mass is 35.5. The second-order valence-electron chi connectivity index (χ2n) is 8.29. The summed E-state index contributed by atoms with van der Waals surface area (Å²) in [6, 6.07) is 26.0. The van der Waals surface area contributed by atoms with Crippen molar-refractivity contribution in [3.8, 4) is 11.4 Å². The summed E-state index contributed by atoms with van der Waals surface area (Å²) in [6.07, 6.45) is 0. The number of nitrogens with zero attached hydrogens (tertiary/aromatic N) is 2. The van der Waals surface area contributed by atoms with Crippen molar-refractivity contribution in [2.45, 2.75) is 13.1 Å². The first-order chi connectivity index (χ1) is 17.4. The summed E-state index contributed by atoms with van der Waals surface area (Å²) in [4.78, 5) is 17.5. The maximum Gasteiger partial charge on any atom is 0.251 e. The number of rotatable bonds is 6. The molecule has 4 nitrogen and oxygen atoms in total. The number of amides is 1. The van der Waals surface area contributed by atoms with Crippen LogP contribution in [-0.4, -0.2) is 15.5 Å². The van der Waals surface area contributed by atoms with E-state index < -0.39 is 0 Å². The number of imidazole rings is 1. The first kappa shape index (κ1) is 24.7. The van der Waals surface area contributed by atoms with Gasteiger partial charge in [-0.25, -0.2) is 4.98 Å². The van der Waals surface area contributed by atoms with Crippen molar-refractivity contribution in [1.82, 2.24) is 14.9 Å². The number of benzene rings is 4. The molecule has 0 atom stereocenters. The smallest absolute Gasteiger partial charge is 0.251 e. The summed E-state index contributed by atoms with van der Waals surface area (Å²) in [7, 11) is 0. The fraction of sp³-hybridized carbons (Fsp3) is 0.0714. The van der Waals surface area contributed by atoms with Crippen molar-refractivity contribution >= 4 is 63.3 Å². The van der Waals surface area contributed by atoms with Gasteiger partial charge in [-0.3, -0.25) is 4.79 Å². The number of nitrogens with one attached hydrogen (secondary N) is 1. The van der Waals surface area contributed by atoms with Gasteiger partial charge in [-0.1, -0.05) is 82.8 Å². The molecule has 0 saturated carbocycles. The summed E-state index contributed by atoms with van der Waals surface area (Å²) in [6.45, 7) is 0.973. The second kappa shape index (κ2) is 10.5. The number of halogens is 4. The molecule has 0 aliphatic heterocycles. The number of fused-ring (bicyclic) bond motifs is 1. The van der Waals surface area contributed by atoms with Crippen molar-refractivity contribution in [2.24, 2.45) is 0 Å². The Hall–Kier alpha value is -3.02. The number of carbonyl (C=O) groups is 1. The maximum atomic E-state index is 12.7. The van der Waals surface area contributed by atoms with Crippen LogP contribution in [0, 0.1) is 0 Å². The van der Waals surface area contributed by atoms with Crippen LogP contribution >= 0.6 is 46.4 Å². The van der Waals surface area contributed by atoms with Crippen LogP contribution in [-0.2, 0) is 13.1 Å². The number of aromatic nitrogens is 2. The van der Waals surface area contributed by atoms with Crippen LogP contribution in [0.3, 0.4) is 0 Å². The highest BCUT2D eigenvalue weighted by Crippen LogP contribution is 2.32. The minimum Gasteiger partial charge on any atom is -0.348 e. The standard InChI is InChI=1S/C28H19Cl4N3O/c29-21-9-1-17(2-10-21)15-33-28(36)20-7-5-19(6-8-20)27-34-25-13-23(31)24(32)14-26(25)35(27)16-18-3-11-22(30)12-4-18/h1-14H,15-16H2,(H,33,36). The SMILES string of the molecule is O=C(NCc1ccc(Cl)cc1)c1ccc(-c2nc3cc(Cl)c(Cl)cc3n2Cc2ccc(Cl)cc2)cc1. The van der Waals surface area contributed by atoms with E-state index in [-0.39, 0.29) is 5.91 Å². The van der Waals surface area contributed by atoms with Gasteiger partial charge in [0.25, 0.3) is 5.91 Å². The fourth-order valence-corrected chi connectivity index (χ4v) is 4.50. The van der Waals surface area contributed by atoms with E-state index in [1.54, 1.807) is 30.3 Å². The third-order valence-corrected chi connectivity index (χ3v) is 7.04. The lowest BCUT2D eigenvalue weighted by molar-refractivity contribution is 0.0951. The molecule has 0 aliphatic carbocycles. The summed E-state index contributed by atoms with van der Waals surface area (Å²) < 4.78 is 2.08. The van der Waals surface area contributed by atoms with Crippen LogP contribution in [0.4, 0.5) is 0 Å². The zero-order valence-electron chi connectivity index (χ0n) is 18.8. The molecule has 5 rings (SSSR count). The Morgan fingerprint density at radius 1 is 0.750 bits per heavy atom. The minimum absolute atomic E-state index is 0.162. The third kappa shape index (κ3) is 5.37. The predicted molar refractivity (Wildman–Crippen MR) is 148 cm³/mol. The molecule has 0 saturated heterocycles. The average Bonchev–Trinajstić information content (AvgIpc) is 3.22. The molecule has 1 heterocycles. The molecule has 0 aliphatic rings. The van der Waals surface area contributed by atoms with E-state index in [4.69, 9.17) is 51.4 Å². The zero-order chi connectivity index (χ0) is 25.2. The van der Waals surface area contributed by atoms with E-state index >= 15 is 0 Å². The molecular weight excluding hydrogens is 536 g/mol. The third-order valence-electron chi connectivity index (χ3n) is 5.82. The molecule has 0 unspecified atom stereocenters. The molecule has 4 aromatic carbocycles. The van der Waals surface area contributed by atoms with E-state index in [2.05, 4.69) is 9.88 Å². The number of hydrogen-bond acceptors (Lipinski definition) is 2. The van der Waals surface area contributed by atoms with Gasteiger partial charge in [0.1, 0.15) is 5.82 Å². The molecule has 0 radical (unpaired) electrons. The van der Waals surface area contributed by atoms with Crippen LogP contribution in [0.5, 0.6) is 0 Å². The highest BCUT2D eigenvalue weighted by molar-refractivity contribution is 6.42. The molecule has 0 spiro atoms. The summed E-state index contributed by atoms with van der Waals surface area (Å²) in [5.74, 6) is 0.580. The van der Waals surface area contributed by atoms with Gasteiger partial charge in [0.2, 0.25) is 0 Å². The van der Waals surface area contributed by atoms with Crippen molar-refractivity contribution in [2.75, 3.05) is 0 Å². The molecule has 36 heavy (non-hydrogen) atoms. The van der Waals surface area contributed by atoms with Gasteiger partial charge in [-0.05, 0) is 59.7 Å². The van der Waals surface area contributed by atoms with E-state index in [1.165, 1.54) is 0 Å². The largest absolute Gasteiger partial charge is 0.348 e. The van der Waals surface area contributed by atoms with E-state index in [9.17, 15) is 4.79 Å². The lowest BCUT2D eigenvalue weighted by atomic mass is 10.1. The molecule has 0 bridgehead atoms. The maximum absolute atomic E-state index is 12.7. The van der Waals surface area contributed by atoms with Crippen molar-refractivity contribution in [3.63, 3.8) is 0 Å². The van der Waals surface area contributed by atoms with E-state index in [0.29, 0.717) is 38.7 Å². The predicted octanol–water partition coefficient (Wildman–Crippen LogP) is 8.30. The molecular formula is C28H19Cl4N3O. The Labute approximate surface area is 228 Å². The Bertz CT molecular complexity index is 1540. The minimum atomic E-state index is -0.162. The summed E-state index contributed by atoms with van der Waals surface area (Å²) >= 11 is 24.6. The molecule has 1 N–H and O–H groups in total. The van der Waals surface area contributed by atoms with Crippen molar-refractivity contribution in [3.05, 3.63) is 122 Å². The molecule has 1 aromatic heterocycles. The molecule has 180 valence electrons. The Kier molecular flexibility index (Phi) is 7.22. The monoisotopic (exact) mass is 553 g/mol. The Balaban J connectivity index is 1.44. The lowest BCUT2D eigenvalue weighted by Gasteiger charge is -2.11. The quantitative estimate of drug-likeness (QED) is 0.229. The highest BCUT2D eigenvalue weighted by Gasteiger charge is 2.16. The Morgan fingerprint density at radius 3 is 1.97 bits per heavy atom. The molecule has 0 fully saturated rings. The van der Waals surface area contributed by atoms with E-state index in [0.717, 1.165) is 33.5 Å². The first-order valence-corrected chi connectivity index (χ1v) is 12.6. The van der Waals surface area contributed by atoms with Gasteiger partial charge < -0.3 is 9.88 Å². The Morgan fingerprint density at radius 2 is 1.33 bits per heavy atom. The van der Waals surface area contributed by atoms with Gasteiger partial charge >= 0.3 is 0 Å². The normalized spacial score (nSPS) is 11.1.